The van der Waals surface area contributed by atoms with Gasteiger partial charge in [-0.15, -0.1) is 0 Å². The summed E-state index contributed by atoms with van der Waals surface area (Å²) in [5.74, 6) is 2.79. The first kappa shape index (κ1) is 20.6. The van der Waals surface area contributed by atoms with E-state index in [-0.39, 0.29) is 12.3 Å². The molecule has 3 heterocycles. The van der Waals surface area contributed by atoms with Crippen molar-refractivity contribution in [3.05, 3.63) is 61.1 Å². The van der Waals surface area contributed by atoms with Crippen molar-refractivity contribution in [2.24, 2.45) is 0 Å². The Labute approximate surface area is 190 Å². The zero-order valence-electron chi connectivity index (χ0n) is 18.1. The van der Waals surface area contributed by atoms with Crippen molar-refractivity contribution in [3.8, 4) is 28.5 Å². The number of fused-ring (bicyclic) bond motifs is 2. The van der Waals surface area contributed by atoms with E-state index >= 15 is 0 Å². The van der Waals surface area contributed by atoms with Gasteiger partial charge in [-0.1, -0.05) is 0 Å². The summed E-state index contributed by atoms with van der Waals surface area (Å²) in [6, 6.07) is 13.1. The lowest BCUT2D eigenvalue weighted by atomic mass is 10.1. The normalized spacial score (nSPS) is 12.4. The molecule has 1 aliphatic heterocycles. The van der Waals surface area contributed by atoms with Gasteiger partial charge < -0.3 is 24.8 Å². The zero-order chi connectivity index (χ0) is 22.6. The standard InChI is InChI=1S/C24H23N5O4/c1-31-18-5-2-16(3-6-18)23-24(29-11-10-25-15-21(29)28-23)26-9-8-22(30)27-17-4-7-19-20(14-17)33-13-12-32-19/h2-7,10-11,14-15,26H,8-9,12-13H2,1H3,(H,27,30). The highest BCUT2D eigenvalue weighted by Crippen LogP contribution is 2.33. The van der Waals surface area contributed by atoms with Gasteiger partial charge in [-0.2, -0.15) is 0 Å². The van der Waals surface area contributed by atoms with Crippen LogP contribution < -0.4 is 24.8 Å². The minimum Gasteiger partial charge on any atom is -0.497 e. The maximum absolute atomic E-state index is 12.5. The molecule has 2 aromatic carbocycles. The first-order valence-corrected chi connectivity index (χ1v) is 10.6. The third-order valence-corrected chi connectivity index (χ3v) is 5.26. The van der Waals surface area contributed by atoms with E-state index in [2.05, 4.69) is 15.6 Å². The number of ether oxygens (including phenoxy) is 3. The van der Waals surface area contributed by atoms with Gasteiger partial charge in [0.1, 0.15) is 30.5 Å². The number of imidazole rings is 1. The number of carbonyl (C=O) groups is 1. The Morgan fingerprint density at radius 1 is 1.12 bits per heavy atom. The SMILES string of the molecule is COc1ccc(-c2nc3cnccn3c2NCCC(=O)Nc2ccc3c(c2)OCCO3)cc1. The van der Waals surface area contributed by atoms with Crippen LogP contribution in [0.25, 0.3) is 16.9 Å². The van der Waals surface area contributed by atoms with Crippen LogP contribution >= 0.6 is 0 Å². The van der Waals surface area contributed by atoms with Crippen LogP contribution in [-0.2, 0) is 4.79 Å². The molecule has 168 valence electrons. The van der Waals surface area contributed by atoms with E-state index in [1.165, 1.54) is 0 Å². The minimum atomic E-state index is -0.110. The van der Waals surface area contributed by atoms with Crippen molar-refractivity contribution in [3.63, 3.8) is 0 Å². The Hall–Kier alpha value is -4.27. The number of hydrogen-bond acceptors (Lipinski definition) is 7. The van der Waals surface area contributed by atoms with Gasteiger partial charge in [-0.3, -0.25) is 14.2 Å². The molecule has 0 radical (unpaired) electrons. The molecule has 1 aliphatic rings. The van der Waals surface area contributed by atoms with Crippen LogP contribution in [0.2, 0.25) is 0 Å². The molecule has 0 unspecified atom stereocenters. The van der Waals surface area contributed by atoms with Crippen LogP contribution in [0, 0.1) is 0 Å². The Kier molecular flexibility index (Phi) is 5.67. The first-order chi connectivity index (χ1) is 16.2. The second kappa shape index (κ2) is 9.07. The van der Waals surface area contributed by atoms with E-state index in [9.17, 15) is 4.79 Å². The summed E-state index contributed by atoms with van der Waals surface area (Å²) >= 11 is 0. The predicted molar refractivity (Wildman–Crippen MR) is 124 cm³/mol. The maximum Gasteiger partial charge on any atom is 0.226 e. The highest BCUT2D eigenvalue weighted by molar-refractivity contribution is 5.91. The molecule has 0 fully saturated rings. The van der Waals surface area contributed by atoms with Crippen LogP contribution in [-0.4, -0.2) is 47.1 Å². The fraction of sp³-hybridized carbons (Fsp3) is 0.208. The second-order valence-corrected chi connectivity index (χ2v) is 7.43. The molecule has 2 aromatic heterocycles. The topological polar surface area (TPSA) is 99.0 Å². The fourth-order valence-electron chi connectivity index (χ4n) is 3.66. The molecule has 33 heavy (non-hydrogen) atoms. The maximum atomic E-state index is 12.5. The van der Waals surface area contributed by atoms with Crippen LogP contribution in [0.1, 0.15) is 6.42 Å². The molecule has 0 bridgehead atoms. The summed E-state index contributed by atoms with van der Waals surface area (Å²) in [4.78, 5) is 21.4. The minimum absolute atomic E-state index is 0.110. The van der Waals surface area contributed by atoms with Crippen molar-refractivity contribution in [1.29, 1.82) is 0 Å². The van der Waals surface area contributed by atoms with Gasteiger partial charge in [0.2, 0.25) is 5.91 Å². The Bertz CT molecular complexity index is 1290. The molecule has 0 saturated carbocycles. The van der Waals surface area contributed by atoms with E-state index in [4.69, 9.17) is 19.2 Å². The summed E-state index contributed by atoms with van der Waals surface area (Å²) in [5, 5.41) is 6.27. The number of nitrogens with zero attached hydrogens (tertiary/aromatic N) is 3. The van der Waals surface area contributed by atoms with Crippen LogP contribution in [0.4, 0.5) is 11.5 Å². The first-order valence-electron chi connectivity index (χ1n) is 10.6. The number of carbonyl (C=O) groups excluding carboxylic acids is 1. The lowest BCUT2D eigenvalue weighted by Crippen LogP contribution is -2.18. The average molecular weight is 445 g/mol. The number of anilines is 2. The molecule has 5 rings (SSSR count). The van der Waals surface area contributed by atoms with E-state index in [1.54, 1.807) is 37.7 Å². The molecule has 9 heteroatoms. The molecular weight excluding hydrogens is 422 g/mol. The van der Waals surface area contributed by atoms with Gasteiger partial charge >= 0.3 is 0 Å². The van der Waals surface area contributed by atoms with Crippen molar-refractivity contribution >= 4 is 23.1 Å². The lowest BCUT2D eigenvalue weighted by Gasteiger charge is -2.19. The van der Waals surface area contributed by atoms with E-state index in [0.29, 0.717) is 42.6 Å². The summed E-state index contributed by atoms with van der Waals surface area (Å²) in [5.41, 5.74) is 3.09. The number of benzene rings is 2. The van der Waals surface area contributed by atoms with E-state index in [1.807, 2.05) is 34.9 Å². The van der Waals surface area contributed by atoms with Gasteiger partial charge in [0.05, 0.1) is 13.3 Å². The third kappa shape index (κ3) is 4.38. The van der Waals surface area contributed by atoms with E-state index < -0.39 is 0 Å². The molecule has 0 aliphatic carbocycles. The largest absolute Gasteiger partial charge is 0.497 e. The predicted octanol–water partition coefficient (Wildman–Crippen LogP) is 3.62. The van der Waals surface area contributed by atoms with Gasteiger partial charge in [-0.25, -0.2) is 4.98 Å². The van der Waals surface area contributed by atoms with E-state index in [0.717, 1.165) is 22.8 Å². The second-order valence-electron chi connectivity index (χ2n) is 7.43. The molecule has 0 saturated heterocycles. The molecule has 0 spiro atoms. The Balaban J connectivity index is 1.28. The fourth-order valence-corrected chi connectivity index (χ4v) is 3.66. The summed E-state index contributed by atoms with van der Waals surface area (Å²) in [7, 11) is 1.63. The molecule has 9 nitrogen and oxygen atoms in total. The number of aromatic nitrogens is 3. The van der Waals surface area contributed by atoms with Crippen molar-refractivity contribution < 1.29 is 19.0 Å². The quantitative estimate of drug-likeness (QED) is 0.448. The van der Waals surface area contributed by atoms with Crippen molar-refractivity contribution in [2.45, 2.75) is 6.42 Å². The Morgan fingerprint density at radius 3 is 2.76 bits per heavy atom. The summed E-state index contributed by atoms with van der Waals surface area (Å²) < 4.78 is 18.3. The van der Waals surface area contributed by atoms with Crippen LogP contribution in [0.15, 0.2) is 61.1 Å². The number of hydrogen-bond donors (Lipinski definition) is 2. The molecule has 4 aromatic rings. The van der Waals surface area contributed by atoms with Gasteiger partial charge in [0.15, 0.2) is 17.1 Å². The van der Waals surface area contributed by atoms with Gasteiger partial charge in [-0.05, 0) is 36.4 Å². The Morgan fingerprint density at radius 2 is 1.94 bits per heavy atom. The van der Waals surface area contributed by atoms with Gasteiger partial charge in [0, 0.05) is 42.7 Å². The highest BCUT2D eigenvalue weighted by Gasteiger charge is 2.16. The van der Waals surface area contributed by atoms with Crippen LogP contribution in [0.3, 0.4) is 0 Å². The number of nitrogens with one attached hydrogen (secondary N) is 2. The lowest BCUT2D eigenvalue weighted by molar-refractivity contribution is -0.115. The van der Waals surface area contributed by atoms with Crippen molar-refractivity contribution in [2.75, 3.05) is 37.5 Å². The summed E-state index contributed by atoms with van der Waals surface area (Å²) in [6.45, 7) is 1.46. The van der Waals surface area contributed by atoms with Crippen molar-refractivity contribution in [1.82, 2.24) is 14.4 Å². The average Bonchev–Trinajstić information content (AvgIpc) is 3.22. The number of amides is 1. The molecule has 1 amide bonds. The summed E-state index contributed by atoms with van der Waals surface area (Å²) in [6.07, 6.45) is 5.51. The van der Waals surface area contributed by atoms with Crippen LogP contribution in [0.5, 0.6) is 17.2 Å². The molecular formula is C24H23N5O4. The third-order valence-electron chi connectivity index (χ3n) is 5.26. The number of methoxy groups -OCH3 is 1. The molecule has 0 atom stereocenters. The highest BCUT2D eigenvalue weighted by atomic mass is 16.6. The smallest absolute Gasteiger partial charge is 0.226 e. The van der Waals surface area contributed by atoms with Gasteiger partial charge in [0.25, 0.3) is 0 Å². The molecule has 2 N–H and O–H groups in total. The monoisotopic (exact) mass is 445 g/mol. The zero-order valence-corrected chi connectivity index (χ0v) is 18.1. The number of rotatable bonds is 7.